The van der Waals surface area contributed by atoms with E-state index in [1.54, 1.807) is 50.5 Å². The molecular formula is C29H34N2O5. The van der Waals surface area contributed by atoms with E-state index < -0.39 is 40.8 Å². The van der Waals surface area contributed by atoms with Crippen molar-refractivity contribution in [2.45, 2.75) is 69.8 Å². The number of rotatable bonds is 7. The zero-order valence-electron chi connectivity index (χ0n) is 21.6. The third-order valence-electron chi connectivity index (χ3n) is 7.03. The molecule has 4 rings (SSSR count). The Labute approximate surface area is 212 Å². The third kappa shape index (κ3) is 4.06. The smallest absolute Gasteiger partial charge is 0.411 e. The van der Waals surface area contributed by atoms with Crippen LogP contribution in [0.2, 0.25) is 0 Å². The van der Waals surface area contributed by atoms with Gasteiger partial charge in [0.2, 0.25) is 0 Å². The number of hydrogen-bond donors (Lipinski definition) is 0. The zero-order chi connectivity index (χ0) is 26.3. The maximum absolute atomic E-state index is 14.2. The van der Waals surface area contributed by atoms with Gasteiger partial charge in [0.25, 0.3) is 5.91 Å². The summed E-state index contributed by atoms with van der Waals surface area (Å²) in [4.78, 5) is 44.0. The fraction of sp³-hybridized carbons (Fsp3) is 0.414. The van der Waals surface area contributed by atoms with Crippen LogP contribution < -0.4 is 0 Å². The zero-order valence-corrected chi connectivity index (χ0v) is 21.6. The molecule has 2 aliphatic rings. The van der Waals surface area contributed by atoms with E-state index in [0.717, 1.165) is 11.1 Å². The average Bonchev–Trinajstić information content (AvgIpc) is 3.23. The molecule has 2 heterocycles. The number of hydrogen-bond acceptors (Lipinski definition) is 5. The number of benzene rings is 2. The van der Waals surface area contributed by atoms with Crippen molar-refractivity contribution in [2.24, 2.45) is 0 Å². The van der Waals surface area contributed by atoms with E-state index in [1.165, 1.54) is 0 Å². The van der Waals surface area contributed by atoms with Crippen LogP contribution in [-0.2, 0) is 19.1 Å². The van der Waals surface area contributed by atoms with Crippen LogP contribution in [0.4, 0.5) is 4.79 Å². The lowest BCUT2D eigenvalue weighted by Crippen LogP contribution is -2.79. The number of β-lactam (4-membered cyclic amide) rings is 1. The van der Waals surface area contributed by atoms with Crippen molar-refractivity contribution in [3.8, 4) is 0 Å². The monoisotopic (exact) mass is 490 g/mol. The Bertz CT molecular complexity index is 1160. The molecule has 0 aliphatic carbocycles. The minimum Gasteiger partial charge on any atom is -0.458 e. The summed E-state index contributed by atoms with van der Waals surface area (Å²) >= 11 is 0. The van der Waals surface area contributed by atoms with E-state index in [2.05, 4.69) is 6.58 Å². The van der Waals surface area contributed by atoms with Crippen LogP contribution in [0.5, 0.6) is 0 Å². The van der Waals surface area contributed by atoms with E-state index in [9.17, 15) is 14.4 Å². The maximum Gasteiger partial charge on any atom is 0.411 e. The molecule has 4 atom stereocenters. The van der Waals surface area contributed by atoms with Gasteiger partial charge < -0.3 is 14.4 Å². The molecular weight excluding hydrogens is 456 g/mol. The molecule has 0 aromatic heterocycles. The lowest BCUT2D eigenvalue weighted by molar-refractivity contribution is -0.201. The van der Waals surface area contributed by atoms with E-state index in [1.807, 2.05) is 60.7 Å². The number of carbonyl (C=O) groups excluding carboxylic acids is 3. The largest absolute Gasteiger partial charge is 0.458 e. The first-order valence-electron chi connectivity index (χ1n) is 12.2. The van der Waals surface area contributed by atoms with Crippen LogP contribution in [0, 0.1) is 0 Å². The molecule has 2 fully saturated rings. The number of amides is 2. The number of ether oxygens (including phenoxy) is 2. The minimum atomic E-state index is -1.32. The molecule has 0 unspecified atom stereocenters. The number of likely N-dealkylation sites (tertiary alicyclic amines) is 1. The quantitative estimate of drug-likeness (QED) is 0.303. The summed E-state index contributed by atoms with van der Waals surface area (Å²) in [6.07, 6.45) is 1.26. The Morgan fingerprint density at radius 1 is 1.06 bits per heavy atom. The van der Waals surface area contributed by atoms with Crippen molar-refractivity contribution in [1.29, 1.82) is 0 Å². The van der Waals surface area contributed by atoms with Crippen LogP contribution >= 0.6 is 0 Å². The lowest BCUT2D eigenvalue weighted by atomic mass is 9.70. The molecule has 7 heteroatoms. The van der Waals surface area contributed by atoms with E-state index >= 15 is 0 Å². The number of cyclic esters (lactones) is 1. The molecule has 36 heavy (non-hydrogen) atoms. The molecule has 0 radical (unpaired) electrons. The van der Waals surface area contributed by atoms with Gasteiger partial charge in [-0.25, -0.2) is 9.59 Å². The highest BCUT2D eigenvalue weighted by Gasteiger charge is 2.70. The normalized spacial score (nSPS) is 25.6. The van der Waals surface area contributed by atoms with Gasteiger partial charge in [0.05, 0.1) is 12.1 Å². The van der Waals surface area contributed by atoms with Gasteiger partial charge >= 0.3 is 12.1 Å². The van der Waals surface area contributed by atoms with Crippen molar-refractivity contribution in [2.75, 3.05) is 6.61 Å². The van der Waals surface area contributed by atoms with Crippen molar-refractivity contribution < 1.29 is 23.9 Å². The maximum atomic E-state index is 14.2. The highest BCUT2D eigenvalue weighted by Crippen LogP contribution is 2.55. The van der Waals surface area contributed by atoms with Gasteiger partial charge in [-0.15, -0.1) is 6.58 Å². The highest BCUT2D eigenvalue weighted by molar-refractivity contribution is 6.01. The van der Waals surface area contributed by atoms with Crippen molar-refractivity contribution in [3.05, 3.63) is 84.4 Å². The second kappa shape index (κ2) is 9.12. The Hall–Kier alpha value is -3.61. The predicted octanol–water partition coefficient (Wildman–Crippen LogP) is 5.20. The van der Waals surface area contributed by atoms with E-state index in [-0.39, 0.29) is 18.9 Å². The molecule has 2 aromatic rings. The Morgan fingerprint density at radius 2 is 1.61 bits per heavy atom. The first-order chi connectivity index (χ1) is 16.9. The first kappa shape index (κ1) is 25.5. The van der Waals surface area contributed by atoms with Crippen LogP contribution in [-0.4, -0.2) is 51.1 Å². The standard InChI is InChI=1S/C29H34N2O5/c1-7-18-28(5,25(33)36-27(2,3)4)31-23(21-16-12-9-13-17-21)29(6,24(31)32)30-22(19-35-26(30)34)20-14-10-8-11-15-20/h7-17,22-23H,1,18-19H2,2-6H3/t22-,23-,28+,29-/m1/s1. The molecule has 2 amide bonds. The van der Waals surface area contributed by atoms with Crippen LogP contribution in [0.3, 0.4) is 0 Å². The summed E-state index contributed by atoms with van der Waals surface area (Å²) in [6.45, 7) is 12.8. The minimum absolute atomic E-state index is 0.142. The fourth-order valence-electron chi connectivity index (χ4n) is 5.32. The molecule has 0 N–H and O–H groups in total. The Morgan fingerprint density at radius 3 is 2.14 bits per heavy atom. The summed E-state index contributed by atoms with van der Waals surface area (Å²) < 4.78 is 11.2. The van der Waals surface area contributed by atoms with Crippen LogP contribution in [0.1, 0.15) is 64.3 Å². The van der Waals surface area contributed by atoms with E-state index in [4.69, 9.17) is 9.47 Å². The van der Waals surface area contributed by atoms with Gasteiger partial charge in [-0.05, 0) is 52.2 Å². The molecule has 0 spiro atoms. The Balaban J connectivity index is 1.83. The lowest BCUT2D eigenvalue weighted by Gasteiger charge is -2.62. The Kier molecular flexibility index (Phi) is 6.45. The fourth-order valence-corrected chi connectivity index (χ4v) is 5.32. The van der Waals surface area contributed by atoms with Gasteiger partial charge in [0.1, 0.15) is 23.3 Å². The second-order valence-corrected chi connectivity index (χ2v) is 10.8. The highest BCUT2D eigenvalue weighted by atomic mass is 16.6. The van der Waals surface area contributed by atoms with Gasteiger partial charge in [-0.1, -0.05) is 66.7 Å². The third-order valence-corrected chi connectivity index (χ3v) is 7.03. The molecule has 0 bridgehead atoms. The predicted molar refractivity (Wildman–Crippen MR) is 136 cm³/mol. The molecule has 2 saturated heterocycles. The summed E-state index contributed by atoms with van der Waals surface area (Å²) in [7, 11) is 0. The number of esters is 1. The van der Waals surface area contributed by atoms with E-state index in [0.29, 0.717) is 0 Å². The summed E-state index contributed by atoms with van der Waals surface area (Å²) in [5.74, 6) is -0.860. The van der Waals surface area contributed by atoms with Crippen molar-refractivity contribution in [3.63, 3.8) is 0 Å². The van der Waals surface area contributed by atoms with Crippen molar-refractivity contribution >= 4 is 18.0 Å². The molecule has 0 saturated carbocycles. The van der Waals surface area contributed by atoms with Crippen LogP contribution in [0.15, 0.2) is 73.3 Å². The van der Waals surface area contributed by atoms with Gasteiger partial charge in [0.15, 0.2) is 0 Å². The molecule has 7 nitrogen and oxygen atoms in total. The SMILES string of the molecule is C=CC[C@@](C)(C(=O)OC(C)(C)C)N1C(=O)[C@](C)(N2C(=O)OC[C@@H]2c2ccccc2)[C@H]1c1ccccc1. The molecule has 190 valence electrons. The van der Waals surface area contributed by atoms with Crippen LogP contribution in [0.25, 0.3) is 0 Å². The summed E-state index contributed by atoms with van der Waals surface area (Å²) in [5.41, 5.74) is -1.65. The van der Waals surface area contributed by atoms with Gasteiger partial charge in [0, 0.05) is 0 Å². The average molecular weight is 491 g/mol. The second-order valence-electron chi connectivity index (χ2n) is 10.8. The number of carbonyl (C=O) groups is 3. The first-order valence-corrected chi connectivity index (χ1v) is 12.2. The summed E-state index contributed by atoms with van der Waals surface area (Å²) in [5, 5.41) is 0. The molecule has 2 aliphatic heterocycles. The molecule has 2 aromatic carbocycles. The number of nitrogens with zero attached hydrogens (tertiary/aromatic N) is 2. The van der Waals surface area contributed by atoms with Gasteiger partial charge in [-0.3, -0.25) is 9.69 Å². The van der Waals surface area contributed by atoms with Gasteiger partial charge in [-0.2, -0.15) is 0 Å². The topological polar surface area (TPSA) is 76.2 Å². The van der Waals surface area contributed by atoms with Crippen molar-refractivity contribution in [1.82, 2.24) is 9.80 Å². The summed E-state index contributed by atoms with van der Waals surface area (Å²) in [6, 6.07) is 17.9.